The molecule has 0 bridgehead atoms. The van der Waals surface area contributed by atoms with E-state index in [4.69, 9.17) is 0 Å². The number of rotatable bonds is 2. The molecular weight excluding hydrogens is 372 g/mol. The second-order valence-electron chi connectivity index (χ2n) is 8.59. The Balaban J connectivity index is 0.000000994. The number of hydrogen-bond acceptors (Lipinski definition) is 0. The molecule has 0 unspecified atom stereocenters. The van der Waals surface area contributed by atoms with Crippen LogP contribution >= 0.6 is 0 Å². The fourth-order valence-corrected chi connectivity index (χ4v) is 5.82. The van der Waals surface area contributed by atoms with Crippen LogP contribution in [0.15, 0.2) is 84.9 Å². The van der Waals surface area contributed by atoms with Crippen LogP contribution in [0.2, 0.25) is 0 Å². The van der Waals surface area contributed by atoms with E-state index in [0.717, 1.165) is 6.42 Å². The predicted molar refractivity (Wildman–Crippen MR) is 131 cm³/mol. The van der Waals surface area contributed by atoms with E-state index in [0.29, 0.717) is 11.8 Å². The van der Waals surface area contributed by atoms with Crippen LogP contribution in [0.5, 0.6) is 0 Å². The smallest absolute Gasteiger partial charge is 0.0111 e. The minimum absolute atomic E-state index is 0.448. The Hall–Kier alpha value is -3.56. The summed E-state index contributed by atoms with van der Waals surface area (Å²) in [5.74, 6) is 0.899. The van der Waals surface area contributed by atoms with Gasteiger partial charge >= 0.3 is 0 Å². The van der Waals surface area contributed by atoms with Crippen LogP contribution in [0, 0.1) is 26.7 Å². The Kier molecular flexibility index (Phi) is 4.76. The molecule has 4 aromatic rings. The van der Waals surface area contributed by atoms with E-state index in [1.54, 1.807) is 0 Å². The first-order chi connectivity index (χ1) is 15.2. The molecule has 0 spiro atoms. The fraction of sp³-hybridized carbons (Fsp3) is 0.161. The molecule has 4 aromatic carbocycles. The van der Waals surface area contributed by atoms with Crippen LogP contribution in [-0.2, 0) is 0 Å². The summed E-state index contributed by atoms with van der Waals surface area (Å²) in [5.41, 5.74) is 14.6. The van der Waals surface area contributed by atoms with Crippen molar-refractivity contribution >= 4 is 0 Å². The third-order valence-corrected chi connectivity index (χ3v) is 7.04. The molecule has 0 aromatic heterocycles. The molecule has 0 N–H and O–H groups in total. The average Bonchev–Trinajstić information content (AvgIpc) is 3.31. The summed E-state index contributed by atoms with van der Waals surface area (Å²) in [7, 11) is 0. The summed E-state index contributed by atoms with van der Waals surface area (Å²) in [6, 6.07) is 31.7. The van der Waals surface area contributed by atoms with Crippen molar-refractivity contribution in [3.8, 4) is 35.1 Å². The highest BCUT2D eigenvalue weighted by molar-refractivity contribution is 5.84. The lowest BCUT2D eigenvalue weighted by Gasteiger charge is -2.21. The highest BCUT2D eigenvalue weighted by Crippen LogP contribution is 2.54. The number of terminal acetylenes is 1. The van der Waals surface area contributed by atoms with Crippen molar-refractivity contribution in [3.63, 3.8) is 0 Å². The van der Waals surface area contributed by atoms with Crippen LogP contribution in [0.1, 0.15) is 51.6 Å². The molecule has 0 atom stereocenters. The minimum atomic E-state index is 0.448. The van der Waals surface area contributed by atoms with Crippen LogP contribution in [0.4, 0.5) is 0 Å². The van der Waals surface area contributed by atoms with Crippen molar-refractivity contribution in [3.05, 3.63) is 118 Å². The molecule has 6 rings (SSSR count). The molecule has 0 nitrogen and oxygen atoms in total. The molecule has 0 aliphatic heterocycles. The molecule has 31 heavy (non-hydrogen) atoms. The highest BCUT2D eigenvalue weighted by Gasteiger charge is 2.36. The van der Waals surface area contributed by atoms with Crippen molar-refractivity contribution in [1.29, 1.82) is 0 Å². The van der Waals surface area contributed by atoms with Gasteiger partial charge in [0.15, 0.2) is 0 Å². The van der Waals surface area contributed by atoms with E-state index in [2.05, 4.69) is 112 Å². The summed E-state index contributed by atoms with van der Waals surface area (Å²) in [6.45, 7) is 4.52. The van der Waals surface area contributed by atoms with E-state index in [-0.39, 0.29) is 0 Å². The molecule has 2 aliphatic carbocycles. The molecule has 0 amide bonds. The number of fused-ring (bicyclic) bond motifs is 6. The second-order valence-corrected chi connectivity index (χ2v) is 8.59. The minimum Gasteiger partial charge on any atom is -0.124 e. The molecule has 0 heteroatoms. The highest BCUT2D eigenvalue weighted by atomic mass is 14.4. The number of hydrogen-bond donors (Lipinski definition) is 0. The maximum atomic E-state index is 4.00. The normalized spacial score (nSPS) is 13.5. The molecule has 0 saturated heterocycles. The number of benzene rings is 4. The average molecular weight is 399 g/mol. The van der Waals surface area contributed by atoms with Crippen LogP contribution < -0.4 is 0 Å². The van der Waals surface area contributed by atoms with Gasteiger partial charge in [0.05, 0.1) is 0 Å². The van der Waals surface area contributed by atoms with Gasteiger partial charge in [0, 0.05) is 11.8 Å². The lowest BCUT2D eigenvalue weighted by Crippen LogP contribution is -2.05. The van der Waals surface area contributed by atoms with Gasteiger partial charge in [0.1, 0.15) is 0 Å². The molecule has 0 heterocycles. The monoisotopic (exact) mass is 398 g/mol. The van der Waals surface area contributed by atoms with Crippen molar-refractivity contribution in [2.24, 2.45) is 0 Å². The van der Waals surface area contributed by atoms with E-state index >= 15 is 0 Å². The zero-order chi connectivity index (χ0) is 21.5. The van der Waals surface area contributed by atoms with E-state index in [1.165, 1.54) is 55.6 Å². The lowest BCUT2D eigenvalue weighted by atomic mass is 9.82. The van der Waals surface area contributed by atoms with Gasteiger partial charge in [-0.15, -0.1) is 12.8 Å². The standard InChI is InChI=1S/C29H24.C2H2/c1-18-9-7-15-24-27(25-16-8-10-19(2)29(25)28(18)24)17-26-22-13-5-3-11-20(22)21-12-4-6-14-23(21)26;1-2/h3-16,26-27H,17H2,1-2H3;1-2H. The Bertz CT molecular complexity index is 1210. The summed E-state index contributed by atoms with van der Waals surface area (Å²) < 4.78 is 0. The molecule has 0 radical (unpaired) electrons. The topological polar surface area (TPSA) is 0 Å². The zero-order valence-corrected chi connectivity index (χ0v) is 18.1. The Morgan fingerprint density at radius 2 is 0.903 bits per heavy atom. The van der Waals surface area contributed by atoms with Crippen molar-refractivity contribution in [2.45, 2.75) is 32.1 Å². The Labute approximate surface area is 185 Å². The molecule has 2 aliphatic rings. The fourth-order valence-electron chi connectivity index (χ4n) is 5.82. The largest absolute Gasteiger partial charge is 0.124 e. The van der Waals surface area contributed by atoms with Gasteiger partial charge in [-0.05, 0) is 75.9 Å². The third-order valence-electron chi connectivity index (χ3n) is 7.04. The van der Waals surface area contributed by atoms with Crippen LogP contribution in [0.3, 0.4) is 0 Å². The van der Waals surface area contributed by atoms with E-state index < -0.39 is 0 Å². The number of aryl methyl sites for hydroxylation is 2. The summed E-state index contributed by atoms with van der Waals surface area (Å²) >= 11 is 0. The SMILES string of the molecule is C#C.Cc1cccc2c1-c1c(C)cccc1C2CC1c2ccccc2-c2ccccc21. The van der Waals surface area contributed by atoms with E-state index in [9.17, 15) is 0 Å². The molecular formula is C31H26. The quantitative estimate of drug-likeness (QED) is 0.301. The summed E-state index contributed by atoms with van der Waals surface area (Å²) in [6.07, 6.45) is 9.13. The molecule has 0 saturated carbocycles. The van der Waals surface area contributed by atoms with Gasteiger partial charge in [0.25, 0.3) is 0 Å². The molecule has 150 valence electrons. The Morgan fingerprint density at radius 3 is 1.39 bits per heavy atom. The zero-order valence-electron chi connectivity index (χ0n) is 18.1. The first-order valence-electron chi connectivity index (χ1n) is 10.9. The summed E-state index contributed by atoms with van der Waals surface area (Å²) in [4.78, 5) is 0. The third kappa shape index (κ3) is 2.85. The first kappa shape index (κ1) is 19.4. The maximum absolute atomic E-state index is 4.00. The summed E-state index contributed by atoms with van der Waals surface area (Å²) in [5, 5.41) is 0. The van der Waals surface area contributed by atoms with Gasteiger partial charge in [-0.1, -0.05) is 84.9 Å². The predicted octanol–water partition coefficient (Wildman–Crippen LogP) is 7.87. The second kappa shape index (κ2) is 7.60. The first-order valence-corrected chi connectivity index (χ1v) is 10.9. The van der Waals surface area contributed by atoms with Gasteiger partial charge in [0.2, 0.25) is 0 Å². The van der Waals surface area contributed by atoms with Crippen LogP contribution in [0.25, 0.3) is 22.3 Å². The van der Waals surface area contributed by atoms with E-state index in [1.807, 2.05) is 0 Å². The van der Waals surface area contributed by atoms with Gasteiger partial charge in [-0.2, -0.15) is 0 Å². The Morgan fingerprint density at radius 1 is 0.516 bits per heavy atom. The van der Waals surface area contributed by atoms with Crippen molar-refractivity contribution < 1.29 is 0 Å². The van der Waals surface area contributed by atoms with Crippen molar-refractivity contribution in [1.82, 2.24) is 0 Å². The van der Waals surface area contributed by atoms with Crippen molar-refractivity contribution in [2.75, 3.05) is 0 Å². The molecule has 0 fully saturated rings. The maximum Gasteiger partial charge on any atom is 0.0111 e. The lowest BCUT2D eigenvalue weighted by molar-refractivity contribution is 0.663. The van der Waals surface area contributed by atoms with Crippen LogP contribution in [-0.4, -0.2) is 0 Å². The van der Waals surface area contributed by atoms with Gasteiger partial charge in [-0.25, -0.2) is 0 Å². The van der Waals surface area contributed by atoms with Gasteiger partial charge in [-0.3, -0.25) is 0 Å². The van der Waals surface area contributed by atoms with Gasteiger partial charge < -0.3 is 0 Å².